The van der Waals surface area contributed by atoms with Crippen LogP contribution in [0.4, 0.5) is 0 Å². The van der Waals surface area contributed by atoms with Gasteiger partial charge in [0.15, 0.2) is 0 Å². The number of hydrogen-bond donors (Lipinski definition) is 0. The van der Waals surface area contributed by atoms with E-state index in [0.717, 1.165) is 29.4 Å². The summed E-state index contributed by atoms with van der Waals surface area (Å²) < 4.78 is 1.75. The summed E-state index contributed by atoms with van der Waals surface area (Å²) in [4.78, 5) is 0. The third-order valence-corrected chi connectivity index (χ3v) is 4.11. The summed E-state index contributed by atoms with van der Waals surface area (Å²) in [5.41, 5.74) is 2.32. The van der Waals surface area contributed by atoms with Crippen molar-refractivity contribution in [3.8, 4) is 11.8 Å². The molecule has 0 aliphatic carbocycles. The molecule has 0 aliphatic rings. The van der Waals surface area contributed by atoms with E-state index in [0.29, 0.717) is 6.42 Å². The zero-order valence-corrected chi connectivity index (χ0v) is 13.0. The fourth-order valence-electron chi connectivity index (χ4n) is 1.93. The number of aryl methyl sites for hydroxylation is 1. The fourth-order valence-corrected chi connectivity index (χ4v) is 2.76. The molecule has 1 heterocycles. The molecule has 0 saturated heterocycles. The van der Waals surface area contributed by atoms with E-state index in [9.17, 15) is 0 Å². The Balaban J connectivity index is 2.01. The number of thioether (sulfide) groups is 1. The molecule has 21 heavy (non-hydrogen) atoms. The molecule has 0 unspecified atom stereocenters. The van der Waals surface area contributed by atoms with Gasteiger partial charge in [0.2, 0.25) is 5.16 Å². The molecule has 1 aromatic carbocycles. The second kappa shape index (κ2) is 8.42. The molecule has 0 aliphatic heterocycles. The molecular formula is C15H19N5S. The van der Waals surface area contributed by atoms with Crippen molar-refractivity contribution in [1.29, 1.82) is 5.26 Å². The van der Waals surface area contributed by atoms with E-state index in [1.54, 1.807) is 16.4 Å². The molecule has 1 aromatic heterocycles. The number of nitriles is 1. The quantitative estimate of drug-likeness (QED) is 0.552. The normalized spacial score (nSPS) is 10.5. The third-order valence-electron chi connectivity index (χ3n) is 3.10. The third kappa shape index (κ3) is 4.57. The van der Waals surface area contributed by atoms with Gasteiger partial charge in [-0.05, 0) is 47.4 Å². The van der Waals surface area contributed by atoms with E-state index in [4.69, 9.17) is 5.26 Å². The summed E-state index contributed by atoms with van der Waals surface area (Å²) in [6, 6.07) is 10.5. The first-order chi connectivity index (χ1) is 10.3. The largest absolute Gasteiger partial charge is 0.214 e. The van der Waals surface area contributed by atoms with Crippen LogP contribution in [0.3, 0.4) is 0 Å². The Hall–Kier alpha value is -1.87. The number of unbranched alkanes of at least 4 members (excludes halogenated alkanes) is 2. The Bertz CT molecular complexity index is 585. The molecule has 0 bridgehead atoms. The SMILES string of the molecule is CCCCc1ccc(-n2nnnc2SCCCC#N)cc1. The highest BCUT2D eigenvalue weighted by atomic mass is 32.2. The van der Waals surface area contributed by atoms with Crippen LogP contribution in [0.5, 0.6) is 0 Å². The lowest BCUT2D eigenvalue weighted by Crippen LogP contribution is -1.99. The Morgan fingerprint density at radius 3 is 2.76 bits per heavy atom. The van der Waals surface area contributed by atoms with E-state index in [2.05, 4.69) is 52.8 Å². The topological polar surface area (TPSA) is 67.4 Å². The van der Waals surface area contributed by atoms with Gasteiger partial charge >= 0.3 is 0 Å². The van der Waals surface area contributed by atoms with Crippen molar-refractivity contribution in [2.75, 3.05) is 5.75 Å². The van der Waals surface area contributed by atoms with Gasteiger partial charge in [0.25, 0.3) is 0 Å². The van der Waals surface area contributed by atoms with Gasteiger partial charge in [0.05, 0.1) is 11.8 Å². The summed E-state index contributed by atoms with van der Waals surface area (Å²) in [5.74, 6) is 0.850. The van der Waals surface area contributed by atoms with Gasteiger partial charge < -0.3 is 0 Å². The van der Waals surface area contributed by atoms with Crippen LogP contribution in [0, 0.1) is 11.3 Å². The lowest BCUT2D eigenvalue weighted by atomic mass is 10.1. The van der Waals surface area contributed by atoms with Crippen molar-refractivity contribution >= 4 is 11.8 Å². The average molecular weight is 301 g/mol. The van der Waals surface area contributed by atoms with E-state index >= 15 is 0 Å². The molecule has 0 fully saturated rings. The number of nitrogens with zero attached hydrogens (tertiary/aromatic N) is 5. The first-order valence-electron chi connectivity index (χ1n) is 7.22. The maximum atomic E-state index is 8.54. The minimum atomic E-state index is 0.570. The van der Waals surface area contributed by atoms with Gasteiger partial charge in [-0.2, -0.15) is 9.94 Å². The monoisotopic (exact) mass is 301 g/mol. The highest BCUT2D eigenvalue weighted by Gasteiger charge is 2.08. The van der Waals surface area contributed by atoms with Crippen LogP contribution in [-0.2, 0) is 6.42 Å². The zero-order chi connectivity index (χ0) is 14.9. The zero-order valence-electron chi connectivity index (χ0n) is 12.2. The second-order valence-electron chi connectivity index (χ2n) is 4.75. The van der Waals surface area contributed by atoms with E-state index < -0.39 is 0 Å². The Morgan fingerprint density at radius 1 is 1.24 bits per heavy atom. The number of tetrazole rings is 1. The van der Waals surface area contributed by atoms with Crippen molar-refractivity contribution in [1.82, 2.24) is 20.2 Å². The molecule has 110 valence electrons. The van der Waals surface area contributed by atoms with Crippen molar-refractivity contribution in [2.45, 2.75) is 44.2 Å². The summed E-state index contributed by atoms with van der Waals surface area (Å²) in [7, 11) is 0. The molecule has 5 nitrogen and oxygen atoms in total. The lowest BCUT2D eigenvalue weighted by molar-refractivity contribution is 0.753. The van der Waals surface area contributed by atoms with Crippen LogP contribution in [-0.4, -0.2) is 26.0 Å². The second-order valence-corrected chi connectivity index (χ2v) is 5.82. The van der Waals surface area contributed by atoms with Gasteiger partial charge in [0.1, 0.15) is 0 Å². The highest BCUT2D eigenvalue weighted by molar-refractivity contribution is 7.99. The van der Waals surface area contributed by atoms with Crippen molar-refractivity contribution in [3.63, 3.8) is 0 Å². The van der Waals surface area contributed by atoms with Crippen LogP contribution >= 0.6 is 11.8 Å². The van der Waals surface area contributed by atoms with E-state index in [1.807, 2.05) is 0 Å². The number of aromatic nitrogens is 4. The molecule has 2 rings (SSSR count). The van der Waals surface area contributed by atoms with Gasteiger partial charge in [-0.3, -0.25) is 0 Å². The number of hydrogen-bond acceptors (Lipinski definition) is 5. The average Bonchev–Trinajstić information content (AvgIpc) is 2.98. The van der Waals surface area contributed by atoms with Crippen LogP contribution in [0.25, 0.3) is 5.69 Å². The molecule has 2 aromatic rings. The smallest absolute Gasteiger partial charge is 0.198 e. The van der Waals surface area contributed by atoms with Crippen molar-refractivity contribution < 1.29 is 0 Å². The maximum absolute atomic E-state index is 8.54. The summed E-state index contributed by atoms with van der Waals surface area (Å²) in [6.45, 7) is 2.20. The first-order valence-corrected chi connectivity index (χ1v) is 8.21. The fraction of sp³-hybridized carbons (Fsp3) is 0.467. The van der Waals surface area contributed by atoms with Gasteiger partial charge in [0, 0.05) is 12.2 Å². The molecule has 0 spiro atoms. The molecule has 0 amide bonds. The van der Waals surface area contributed by atoms with E-state index in [-0.39, 0.29) is 0 Å². The Kier molecular flexibility index (Phi) is 6.22. The molecule has 0 radical (unpaired) electrons. The Morgan fingerprint density at radius 2 is 2.05 bits per heavy atom. The maximum Gasteiger partial charge on any atom is 0.214 e. The van der Waals surface area contributed by atoms with Gasteiger partial charge in [-0.25, -0.2) is 0 Å². The summed E-state index contributed by atoms with van der Waals surface area (Å²) in [5, 5.41) is 21.1. The molecule has 6 heteroatoms. The molecular weight excluding hydrogens is 282 g/mol. The Labute approximate surface area is 129 Å². The number of benzene rings is 1. The lowest BCUT2D eigenvalue weighted by Gasteiger charge is -2.05. The molecule has 0 N–H and O–H groups in total. The minimum absolute atomic E-state index is 0.570. The van der Waals surface area contributed by atoms with Crippen LogP contribution in [0.1, 0.15) is 38.2 Å². The van der Waals surface area contributed by atoms with Gasteiger partial charge in [-0.1, -0.05) is 37.2 Å². The van der Waals surface area contributed by atoms with Crippen LogP contribution in [0.15, 0.2) is 29.4 Å². The van der Waals surface area contributed by atoms with Crippen molar-refractivity contribution in [2.24, 2.45) is 0 Å². The summed E-state index contributed by atoms with van der Waals surface area (Å²) >= 11 is 1.58. The van der Waals surface area contributed by atoms with Crippen molar-refractivity contribution in [3.05, 3.63) is 29.8 Å². The highest BCUT2D eigenvalue weighted by Crippen LogP contribution is 2.20. The summed E-state index contributed by atoms with van der Waals surface area (Å²) in [6.07, 6.45) is 4.95. The first kappa shape index (κ1) is 15.5. The number of rotatable bonds is 8. The predicted octanol–water partition coefficient (Wildman–Crippen LogP) is 3.40. The molecule has 0 atom stereocenters. The van der Waals surface area contributed by atoms with E-state index in [1.165, 1.54) is 18.4 Å². The molecule has 0 saturated carbocycles. The van der Waals surface area contributed by atoms with Crippen LogP contribution < -0.4 is 0 Å². The predicted molar refractivity (Wildman–Crippen MR) is 83.3 cm³/mol. The minimum Gasteiger partial charge on any atom is -0.198 e. The van der Waals surface area contributed by atoms with Gasteiger partial charge in [-0.15, -0.1) is 5.10 Å². The van der Waals surface area contributed by atoms with Crippen LogP contribution in [0.2, 0.25) is 0 Å². The standard InChI is InChI=1S/C15H19N5S/c1-2-3-6-13-7-9-14(10-8-13)20-15(17-18-19-20)21-12-5-4-11-16/h7-10H,2-6,12H2,1H3.